The van der Waals surface area contributed by atoms with Gasteiger partial charge in [-0.05, 0) is 18.4 Å². The maximum Gasteiger partial charge on any atom is 0.296 e. The molecule has 2 heterocycles. The van der Waals surface area contributed by atoms with Crippen LogP contribution in [0.5, 0.6) is 0 Å². The molecule has 0 aliphatic heterocycles. The highest BCUT2D eigenvalue weighted by Gasteiger charge is 2.13. The third kappa shape index (κ3) is 2.34. The first kappa shape index (κ1) is 12.2. The first-order valence-corrected chi connectivity index (χ1v) is 7.47. The number of nitrogens with zero attached hydrogens (tertiary/aromatic N) is 2. The highest BCUT2D eigenvalue weighted by Crippen LogP contribution is 2.32. The van der Waals surface area contributed by atoms with Crippen LogP contribution in [0.1, 0.15) is 10.6 Å². The first-order chi connectivity index (χ1) is 9.28. The molecule has 0 aliphatic carbocycles. The Labute approximate surface area is 117 Å². The van der Waals surface area contributed by atoms with Crippen LogP contribution in [-0.2, 0) is 0 Å². The van der Waals surface area contributed by atoms with Gasteiger partial charge < -0.3 is 4.52 Å². The minimum atomic E-state index is -0.345. The molecule has 0 aliphatic rings. The fourth-order valence-corrected chi connectivity index (χ4v) is 3.15. The maximum atomic E-state index is 11.8. The predicted molar refractivity (Wildman–Crippen MR) is 75.9 cm³/mol. The van der Waals surface area contributed by atoms with Crippen molar-refractivity contribution in [2.45, 2.75) is 4.90 Å². The standard InChI is InChI=1S/C12H9N3O2S2/c1-18-8-3-2-4-9-10(8)14-12(19-9)15-11(16)7-5-6-13-17-7/h2-6H,1H3,(H,14,15,16). The molecule has 7 heteroatoms. The number of anilines is 1. The molecular weight excluding hydrogens is 282 g/mol. The quantitative estimate of drug-likeness (QED) is 0.750. The molecule has 2 aromatic heterocycles. The summed E-state index contributed by atoms with van der Waals surface area (Å²) in [4.78, 5) is 17.4. The van der Waals surface area contributed by atoms with Gasteiger partial charge in [0, 0.05) is 11.0 Å². The van der Waals surface area contributed by atoms with Gasteiger partial charge in [0.15, 0.2) is 5.13 Å². The number of thioether (sulfide) groups is 1. The third-order valence-electron chi connectivity index (χ3n) is 2.48. The Hall–Kier alpha value is -1.86. The molecule has 0 bridgehead atoms. The topological polar surface area (TPSA) is 68.0 Å². The fraction of sp³-hybridized carbons (Fsp3) is 0.0833. The van der Waals surface area contributed by atoms with Crippen molar-refractivity contribution < 1.29 is 9.32 Å². The Bertz CT molecular complexity index is 722. The normalized spacial score (nSPS) is 10.8. The molecule has 1 aromatic carbocycles. The van der Waals surface area contributed by atoms with Crippen molar-refractivity contribution in [3.63, 3.8) is 0 Å². The lowest BCUT2D eigenvalue weighted by atomic mass is 10.3. The second-order valence-electron chi connectivity index (χ2n) is 3.66. The Morgan fingerprint density at radius 1 is 1.42 bits per heavy atom. The van der Waals surface area contributed by atoms with E-state index in [-0.39, 0.29) is 11.7 Å². The van der Waals surface area contributed by atoms with Crippen LogP contribution in [0.2, 0.25) is 0 Å². The number of aromatic nitrogens is 2. The second kappa shape index (κ2) is 5.02. The predicted octanol–water partition coefficient (Wildman–Crippen LogP) is 3.26. The zero-order valence-corrected chi connectivity index (χ0v) is 11.5. The number of para-hydroxylation sites is 1. The van der Waals surface area contributed by atoms with Gasteiger partial charge in [-0.3, -0.25) is 10.1 Å². The van der Waals surface area contributed by atoms with Gasteiger partial charge in [0.05, 0.1) is 16.4 Å². The average molecular weight is 291 g/mol. The fourth-order valence-electron chi connectivity index (χ4n) is 1.63. The third-order valence-corrected chi connectivity index (χ3v) is 4.19. The van der Waals surface area contributed by atoms with Gasteiger partial charge in [0.2, 0.25) is 5.76 Å². The molecule has 3 rings (SSSR count). The molecule has 0 saturated heterocycles. The molecule has 19 heavy (non-hydrogen) atoms. The van der Waals surface area contributed by atoms with Crippen molar-refractivity contribution >= 4 is 44.4 Å². The van der Waals surface area contributed by atoms with Crippen LogP contribution < -0.4 is 5.32 Å². The van der Waals surface area contributed by atoms with E-state index in [2.05, 4.69) is 15.5 Å². The summed E-state index contributed by atoms with van der Waals surface area (Å²) in [6.07, 6.45) is 3.43. The number of nitrogens with one attached hydrogen (secondary N) is 1. The van der Waals surface area contributed by atoms with E-state index in [0.29, 0.717) is 5.13 Å². The van der Waals surface area contributed by atoms with Gasteiger partial charge in [0.1, 0.15) is 0 Å². The lowest BCUT2D eigenvalue weighted by Gasteiger charge is -1.96. The maximum absolute atomic E-state index is 11.8. The first-order valence-electron chi connectivity index (χ1n) is 5.43. The number of benzene rings is 1. The monoisotopic (exact) mass is 291 g/mol. The summed E-state index contributed by atoms with van der Waals surface area (Å²) in [5.74, 6) is -0.174. The molecule has 96 valence electrons. The van der Waals surface area contributed by atoms with E-state index in [4.69, 9.17) is 4.52 Å². The van der Waals surface area contributed by atoms with Gasteiger partial charge in [-0.1, -0.05) is 22.6 Å². The Morgan fingerprint density at radius 2 is 2.32 bits per heavy atom. The largest absolute Gasteiger partial charge is 0.351 e. The van der Waals surface area contributed by atoms with Crippen molar-refractivity contribution in [1.82, 2.24) is 10.1 Å². The molecule has 0 saturated carbocycles. The number of rotatable bonds is 3. The lowest BCUT2D eigenvalue weighted by Crippen LogP contribution is -2.10. The Balaban J connectivity index is 1.92. The molecule has 1 N–H and O–H groups in total. The van der Waals surface area contributed by atoms with Crippen molar-refractivity contribution in [3.05, 3.63) is 36.2 Å². The number of hydrogen-bond acceptors (Lipinski definition) is 6. The zero-order valence-electron chi connectivity index (χ0n) is 9.91. The van der Waals surface area contributed by atoms with Gasteiger partial charge in [-0.2, -0.15) is 0 Å². The van der Waals surface area contributed by atoms with E-state index < -0.39 is 0 Å². The van der Waals surface area contributed by atoms with E-state index in [1.807, 2.05) is 24.5 Å². The van der Waals surface area contributed by atoms with E-state index >= 15 is 0 Å². The van der Waals surface area contributed by atoms with E-state index in [9.17, 15) is 4.79 Å². The van der Waals surface area contributed by atoms with Crippen LogP contribution in [0.3, 0.4) is 0 Å². The zero-order chi connectivity index (χ0) is 13.2. The number of carbonyl (C=O) groups excluding carboxylic acids is 1. The number of fused-ring (bicyclic) bond motifs is 1. The van der Waals surface area contributed by atoms with Gasteiger partial charge in [-0.25, -0.2) is 4.98 Å². The molecule has 0 atom stereocenters. The van der Waals surface area contributed by atoms with Crippen molar-refractivity contribution in [3.8, 4) is 0 Å². The molecule has 0 unspecified atom stereocenters. The van der Waals surface area contributed by atoms with Crippen molar-refractivity contribution in [1.29, 1.82) is 0 Å². The van der Waals surface area contributed by atoms with Crippen molar-refractivity contribution in [2.75, 3.05) is 11.6 Å². The molecule has 0 spiro atoms. The van der Waals surface area contributed by atoms with Crippen molar-refractivity contribution in [2.24, 2.45) is 0 Å². The summed E-state index contributed by atoms with van der Waals surface area (Å²) >= 11 is 3.07. The molecule has 0 radical (unpaired) electrons. The summed E-state index contributed by atoms with van der Waals surface area (Å²) in [7, 11) is 0. The number of carbonyl (C=O) groups is 1. The second-order valence-corrected chi connectivity index (χ2v) is 5.54. The van der Waals surface area contributed by atoms with Crippen LogP contribution in [0.25, 0.3) is 10.2 Å². The SMILES string of the molecule is CSc1cccc2sc(NC(=O)c3ccno3)nc12. The van der Waals surface area contributed by atoms with Crippen LogP contribution >= 0.6 is 23.1 Å². The molecule has 1 amide bonds. The summed E-state index contributed by atoms with van der Waals surface area (Å²) in [5, 5.41) is 6.76. The molecule has 5 nitrogen and oxygen atoms in total. The van der Waals surface area contributed by atoms with Crippen LogP contribution in [0.15, 0.2) is 39.9 Å². The molecule has 0 fully saturated rings. The van der Waals surface area contributed by atoms with E-state index in [1.165, 1.54) is 23.6 Å². The Kier molecular flexibility index (Phi) is 3.22. The van der Waals surface area contributed by atoms with Gasteiger partial charge in [0.25, 0.3) is 5.91 Å². The van der Waals surface area contributed by atoms with Crippen LogP contribution in [-0.4, -0.2) is 22.3 Å². The number of hydrogen-bond donors (Lipinski definition) is 1. The Morgan fingerprint density at radius 3 is 3.05 bits per heavy atom. The molecular formula is C12H9N3O2S2. The highest BCUT2D eigenvalue weighted by molar-refractivity contribution is 7.98. The number of amides is 1. The van der Waals surface area contributed by atoms with Gasteiger partial charge in [-0.15, -0.1) is 11.8 Å². The average Bonchev–Trinajstić information content (AvgIpc) is 3.06. The number of thiazole rings is 1. The van der Waals surface area contributed by atoms with E-state index in [0.717, 1.165) is 15.1 Å². The van der Waals surface area contributed by atoms with Crippen LogP contribution in [0.4, 0.5) is 5.13 Å². The minimum Gasteiger partial charge on any atom is -0.351 e. The lowest BCUT2D eigenvalue weighted by molar-refractivity contribution is 0.0988. The summed E-state index contributed by atoms with van der Waals surface area (Å²) < 4.78 is 5.84. The highest BCUT2D eigenvalue weighted by atomic mass is 32.2. The van der Waals surface area contributed by atoms with E-state index in [1.54, 1.807) is 11.8 Å². The summed E-state index contributed by atoms with van der Waals surface area (Å²) in [6.45, 7) is 0. The smallest absolute Gasteiger partial charge is 0.296 e. The minimum absolute atomic E-state index is 0.171. The van der Waals surface area contributed by atoms with Gasteiger partial charge >= 0.3 is 0 Å². The summed E-state index contributed by atoms with van der Waals surface area (Å²) in [6, 6.07) is 7.48. The summed E-state index contributed by atoms with van der Waals surface area (Å²) in [5.41, 5.74) is 0.910. The molecule has 3 aromatic rings. The van der Waals surface area contributed by atoms with Crippen LogP contribution in [0, 0.1) is 0 Å².